The van der Waals surface area contributed by atoms with Crippen LogP contribution in [0.5, 0.6) is 0 Å². The summed E-state index contributed by atoms with van der Waals surface area (Å²) in [6.07, 6.45) is -0.190. The third kappa shape index (κ3) is 3.76. The minimum atomic E-state index is -0.389. The highest BCUT2D eigenvalue weighted by Crippen LogP contribution is 2.28. The van der Waals surface area contributed by atoms with Gasteiger partial charge in [0.2, 0.25) is 0 Å². The summed E-state index contributed by atoms with van der Waals surface area (Å²) in [5.41, 5.74) is 2.69. The molecule has 0 fully saturated rings. The van der Waals surface area contributed by atoms with Crippen LogP contribution >= 0.6 is 0 Å². The molecule has 0 radical (unpaired) electrons. The van der Waals surface area contributed by atoms with E-state index in [1.165, 1.54) is 12.1 Å². The van der Waals surface area contributed by atoms with Gasteiger partial charge in [-0.05, 0) is 49.7 Å². The second kappa shape index (κ2) is 7.62. The minimum Gasteiger partial charge on any atom is -0.510 e. The van der Waals surface area contributed by atoms with Crippen molar-refractivity contribution in [2.45, 2.75) is 26.5 Å². The highest BCUT2D eigenvalue weighted by Gasteiger charge is 2.30. The van der Waals surface area contributed by atoms with Crippen molar-refractivity contribution in [3.8, 4) is 0 Å². The number of hydrogen-bond donors (Lipinski definition) is 3. The molecule has 3 aromatic rings. The van der Waals surface area contributed by atoms with Gasteiger partial charge in [0.05, 0.1) is 34.8 Å². The number of hydrogen-bond acceptors (Lipinski definition) is 5. The zero-order valence-corrected chi connectivity index (χ0v) is 16.6. The second-order valence-electron chi connectivity index (χ2n) is 7.42. The quantitative estimate of drug-likeness (QED) is 0.553. The first-order valence-corrected chi connectivity index (χ1v) is 9.53. The first-order valence-electron chi connectivity index (χ1n) is 9.53. The number of fused-ring (bicyclic) bond motifs is 1. The number of ether oxygens (including phenoxy) is 1. The lowest BCUT2D eigenvalue weighted by Crippen LogP contribution is -2.26. The number of halogens is 1. The van der Waals surface area contributed by atoms with Crippen LogP contribution in [0.1, 0.15) is 35.6 Å². The Morgan fingerprint density at radius 3 is 2.73 bits per heavy atom. The molecule has 1 aliphatic rings. The molecule has 0 bridgehead atoms. The number of carbonyl (C=O) groups is 1. The van der Waals surface area contributed by atoms with Gasteiger partial charge in [-0.1, -0.05) is 12.1 Å². The summed E-state index contributed by atoms with van der Waals surface area (Å²) in [6.45, 7) is 4.12. The average Bonchev–Trinajstić information content (AvgIpc) is 3.21. The molecule has 30 heavy (non-hydrogen) atoms. The predicted molar refractivity (Wildman–Crippen MR) is 111 cm³/mol. The number of imidazole rings is 1. The maximum absolute atomic E-state index is 13.4. The molecule has 0 spiro atoms. The number of aromatic amines is 1. The fraction of sp³-hybridized carbons (Fsp3) is 0.227. The highest BCUT2D eigenvalue weighted by atomic mass is 19.1. The fourth-order valence-electron chi connectivity index (χ4n) is 3.37. The molecule has 0 atom stereocenters. The number of carbonyl (C=O) groups excluding carboxylic acids is 1. The maximum atomic E-state index is 13.4. The third-order valence-corrected chi connectivity index (χ3v) is 4.77. The Hall–Kier alpha value is -3.68. The van der Waals surface area contributed by atoms with Crippen LogP contribution in [0.25, 0.3) is 16.6 Å². The van der Waals surface area contributed by atoms with Gasteiger partial charge in [0.1, 0.15) is 23.2 Å². The van der Waals surface area contributed by atoms with Crippen molar-refractivity contribution in [3.05, 3.63) is 71.0 Å². The Morgan fingerprint density at radius 1 is 1.30 bits per heavy atom. The van der Waals surface area contributed by atoms with E-state index in [0.717, 1.165) is 5.56 Å². The molecule has 2 aromatic carbocycles. The normalized spacial score (nSPS) is 14.3. The Bertz CT molecular complexity index is 1160. The van der Waals surface area contributed by atoms with E-state index >= 15 is 0 Å². The van der Waals surface area contributed by atoms with E-state index < -0.39 is 0 Å². The van der Waals surface area contributed by atoms with Gasteiger partial charge in [-0.15, -0.1) is 0 Å². The highest BCUT2D eigenvalue weighted by molar-refractivity contribution is 6.23. The zero-order chi connectivity index (χ0) is 21.4. The van der Waals surface area contributed by atoms with Gasteiger partial charge < -0.3 is 19.7 Å². The Balaban J connectivity index is 1.50. The summed E-state index contributed by atoms with van der Waals surface area (Å²) < 4.78 is 18.6. The number of H-pyrrole nitrogens is 1. The smallest absolute Gasteiger partial charge is 0.338 e. The number of amidine groups is 1. The largest absolute Gasteiger partial charge is 0.510 e. The van der Waals surface area contributed by atoms with E-state index in [-0.39, 0.29) is 36.0 Å². The van der Waals surface area contributed by atoms with Crippen LogP contribution in [0.3, 0.4) is 0 Å². The van der Waals surface area contributed by atoms with Crippen molar-refractivity contribution in [3.63, 3.8) is 0 Å². The lowest BCUT2D eigenvalue weighted by molar-refractivity contribution is 0.0378. The van der Waals surface area contributed by atoms with E-state index in [2.05, 4.69) is 9.97 Å². The number of esters is 1. The van der Waals surface area contributed by atoms with Gasteiger partial charge in [0, 0.05) is 6.54 Å². The molecular weight excluding hydrogens is 387 g/mol. The monoisotopic (exact) mass is 408 g/mol. The standard InChI is InChI=1S/C22H21FN4O3/c1-12(2)30-22(29)14-5-3-13(4-6-14)10-27-11-18(28)19(20(27)24)21-25-16-8-7-15(23)9-17(16)26-21/h3-9,12,24,28H,10-11H2,1-2H3,(H,25,26). The van der Waals surface area contributed by atoms with Crippen molar-refractivity contribution < 1.29 is 19.0 Å². The molecule has 1 aromatic heterocycles. The molecule has 0 amide bonds. The number of aromatic nitrogens is 2. The maximum Gasteiger partial charge on any atom is 0.338 e. The topological polar surface area (TPSA) is 102 Å². The molecule has 0 saturated heterocycles. The lowest BCUT2D eigenvalue weighted by atomic mass is 10.1. The van der Waals surface area contributed by atoms with Crippen LogP contribution in [-0.2, 0) is 11.3 Å². The van der Waals surface area contributed by atoms with Gasteiger partial charge >= 0.3 is 5.97 Å². The third-order valence-electron chi connectivity index (χ3n) is 4.77. The van der Waals surface area contributed by atoms with Gasteiger partial charge in [-0.2, -0.15) is 0 Å². The summed E-state index contributed by atoms with van der Waals surface area (Å²) in [5, 5.41) is 18.9. The molecule has 3 N–H and O–H groups in total. The minimum absolute atomic E-state index is 0.0247. The molecule has 154 valence electrons. The number of aliphatic hydroxyl groups is 1. The van der Waals surface area contributed by atoms with Crippen LogP contribution in [-0.4, -0.2) is 44.4 Å². The molecule has 0 aliphatic carbocycles. The van der Waals surface area contributed by atoms with Crippen molar-refractivity contribution in [2.75, 3.05) is 6.54 Å². The van der Waals surface area contributed by atoms with E-state index in [4.69, 9.17) is 10.1 Å². The van der Waals surface area contributed by atoms with E-state index in [9.17, 15) is 14.3 Å². The predicted octanol–water partition coefficient (Wildman–Crippen LogP) is 4.03. The van der Waals surface area contributed by atoms with Crippen LogP contribution in [0.4, 0.5) is 4.39 Å². The summed E-state index contributed by atoms with van der Waals surface area (Å²) in [5.74, 6) is -0.299. The molecule has 7 nitrogen and oxygen atoms in total. The number of benzene rings is 2. The first kappa shape index (κ1) is 19.6. The summed E-state index contributed by atoms with van der Waals surface area (Å²) in [4.78, 5) is 21.0. The molecule has 4 rings (SSSR count). The molecule has 1 aliphatic heterocycles. The molecule has 8 heteroatoms. The van der Waals surface area contributed by atoms with Crippen LogP contribution < -0.4 is 0 Å². The second-order valence-corrected chi connectivity index (χ2v) is 7.42. The summed E-state index contributed by atoms with van der Waals surface area (Å²) in [6, 6.07) is 11.1. The summed E-state index contributed by atoms with van der Waals surface area (Å²) >= 11 is 0. The SMILES string of the molecule is CC(C)OC(=O)c1ccc(CN2CC(O)=C(c3nc4ccc(F)cc4[nH]3)C2=N)cc1. The van der Waals surface area contributed by atoms with Gasteiger partial charge in [-0.25, -0.2) is 14.2 Å². The number of rotatable bonds is 5. The average molecular weight is 408 g/mol. The van der Waals surface area contributed by atoms with E-state index in [0.29, 0.717) is 34.5 Å². The van der Waals surface area contributed by atoms with Crippen molar-refractivity contribution in [1.29, 1.82) is 5.41 Å². The van der Waals surface area contributed by atoms with Gasteiger partial charge in [-0.3, -0.25) is 5.41 Å². The first-order chi connectivity index (χ1) is 14.3. The van der Waals surface area contributed by atoms with E-state index in [1.54, 1.807) is 49.1 Å². The van der Waals surface area contributed by atoms with Gasteiger partial charge in [0.15, 0.2) is 0 Å². The molecular formula is C22H21FN4O3. The van der Waals surface area contributed by atoms with Crippen molar-refractivity contribution >= 4 is 28.4 Å². The Labute approximate surface area is 172 Å². The molecule has 0 unspecified atom stereocenters. The van der Waals surface area contributed by atoms with Crippen molar-refractivity contribution in [1.82, 2.24) is 14.9 Å². The number of nitrogens with one attached hydrogen (secondary N) is 2. The number of nitrogens with zero attached hydrogens (tertiary/aromatic N) is 2. The Kier molecular flexibility index (Phi) is 4.99. The van der Waals surface area contributed by atoms with Crippen LogP contribution in [0.15, 0.2) is 48.2 Å². The van der Waals surface area contributed by atoms with Gasteiger partial charge in [0.25, 0.3) is 0 Å². The van der Waals surface area contributed by atoms with E-state index in [1.807, 2.05) is 0 Å². The molecule has 0 saturated carbocycles. The van der Waals surface area contributed by atoms with Crippen LogP contribution in [0.2, 0.25) is 0 Å². The zero-order valence-electron chi connectivity index (χ0n) is 16.6. The lowest BCUT2D eigenvalue weighted by Gasteiger charge is -2.18. The number of aliphatic hydroxyl groups excluding tert-OH is 1. The Morgan fingerprint density at radius 2 is 2.03 bits per heavy atom. The fourth-order valence-corrected chi connectivity index (χ4v) is 3.37. The molecule has 2 heterocycles. The summed E-state index contributed by atoms with van der Waals surface area (Å²) in [7, 11) is 0. The van der Waals surface area contributed by atoms with Crippen molar-refractivity contribution in [2.24, 2.45) is 0 Å². The van der Waals surface area contributed by atoms with Crippen LogP contribution in [0, 0.1) is 11.2 Å².